The first-order valence-electron chi connectivity index (χ1n) is 11.1. The van der Waals surface area contributed by atoms with E-state index in [2.05, 4.69) is 35.1 Å². The van der Waals surface area contributed by atoms with Crippen molar-refractivity contribution >= 4 is 23.0 Å². The minimum Gasteiger partial charge on any atom is -0.469 e. The first kappa shape index (κ1) is 22.6. The molecular formula is C26H22N6O2S. The van der Waals surface area contributed by atoms with Crippen molar-refractivity contribution in [3.63, 3.8) is 0 Å². The summed E-state index contributed by atoms with van der Waals surface area (Å²) in [5.74, 6) is 1.01. The summed E-state index contributed by atoms with van der Waals surface area (Å²) in [5.41, 5.74) is 5.86. The van der Waals surface area contributed by atoms with E-state index in [1.54, 1.807) is 17.4 Å². The van der Waals surface area contributed by atoms with E-state index in [-0.39, 0.29) is 12.4 Å². The van der Waals surface area contributed by atoms with Gasteiger partial charge in [-0.15, -0.1) is 21.5 Å². The van der Waals surface area contributed by atoms with Gasteiger partial charge in [0.1, 0.15) is 28.6 Å². The second-order valence-corrected chi connectivity index (χ2v) is 9.48. The molecule has 0 amide bonds. The summed E-state index contributed by atoms with van der Waals surface area (Å²) in [6, 6.07) is 14.9. The number of carbonyl (C=O) groups is 1. The number of fused-ring (bicyclic) bond motifs is 3. The molecule has 5 rings (SSSR count). The number of carbonyl (C=O) groups excluding carboxylic acids is 1. The summed E-state index contributed by atoms with van der Waals surface area (Å²) in [7, 11) is 1.37. The van der Waals surface area contributed by atoms with Gasteiger partial charge in [0.05, 0.1) is 24.9 Å². The highest BCUT2D eigenvalue weighted by atomic mass is 32.1. The Morgan fingerprint density at radius 1 is 1.11 bits per heavy atom. The number of aliphatic imine (C=N–C) groups is 1. The van der Waals surface area contributed by atoms with Crippen LogP contribution in [0.25, 0.3) is 16.3 Å². The summed E-state index contributed by atoms with van der Waals surface area (Å²) in [6.07, 6.45) is 0.0636. The molecule has 1 aliphatic rings. The number of benzene rings is 1. The molecule has 0 radical (unpaired) electrons. The van der Waals surface area contributed by atoms with Crippen molar-refractivity contribution < 1.29 is 9.53 Å². The van der Waals surface area contributed by atoms with Crippen LogP contribution in [0.4, 0.5) is 0 Å². The average Bonchev–Trinajstić information content (AvgIpc) is 3.36. The van der Waals surface area contributed by atoms with Crippen molar-refractivity contribution in [3.8, 4) is 22.3 Å². The Labute approximate surface area is 206 Å². The Kier molecular flexibility index (Phi) is 5.75. The van der Waals surface area contributed by atoms with Crippen LogP contribution in [0.3, 0.4) is 0 Å². The maximum atomic E-state index is 12.3. The van der Waals surface area contributed by atoms with Crippen molar-refractivity contribution in [2.24, 2.45) is 4.99 Å². The Bertz CT molecular complexity index is 1520. The third kappa shape index (κ3) is 3.92. The second-order valence-electron chi connectivity index (χ2n) is 8.28. The quantitative estimate of drug-likeness (QED) is 0.392. The number of rotatable bonds is 4. The SMILES string of the molecule is COC(=O)C[C@@H]1N=C(c2ccc(-c3cccc(C#N)n3)cc2)c2c(sc(C)c2C)-n2c(C)nnc21. The van der Waals surface area contributed by atoms with Crippen LogP contribution in [0, 0.1) is 32.1 Å². The van der Waals surface area contributed by atoms with Crippen LogP contribution in [0.5, 0.6) is 0 Å². The number of thiophene rings is 1. The number of ether oxygens (including phenoxy) is 1. The predicted molar refractivity (Wildman–Crippen MR) is 133 cm³/mol. The van der Waals surface area contributed by atoms with E-state index in [1.807, 2.05) is 47.9 Å². The number of nitriles is 1. The third-order valence-electron chi connectivity index (χ3n) is 6.14. The first-order chi connectivity index (χ1) is 16.9. The largest absolute Gasteiger partial charge is 0.469 e. The number of nitrogens with zero attached hydrogens (tertiary/aromatic N) is 6. The summed E-state index contributed by atoms with van der Waals surface area (Å²) >= 11 is 1.67. The van der Waals surface area contributed by atoms with Crippen LogP contribution in [0.2, 0.25) is 0 Å². The van der Waals surface area contributed by atoms with Crippen molar-refractivity contribution in [2.45, 2.75) is 33.2 Å². The molecule has 0 saturated heterocycles. The molecule has 3 aromatic heterocycles. The molecule has 1 aromatic carbocycles. The summed E-state index contributed by atoms with van der Waals surface area (Å²) in [5, 5.41) is 18.9. The normalized spacial score (nSPS) is 14.4. The number of pyridine rings is 1. The zero-order valence-electron chi connectivity index (χ0n) is 19.7. The predicted octanol–water partition coefficient (Wildman–Crippen LogP) is 4.64. The number of methoxy groups -OCH3 is 1. The Balaban J connectivity index is 1.67. The van der Waals surface area contributed by atoms with Crippen LogP contribution < -0.4 is 0 Å². The fourth-order valence-corrected chi connectivity index (χ4v) is 5.44. The van der Waals surface area contributed by atoms with E-state index >= 15 is 0 Å². The van der Waals surface area contributed by atoms with Crippen molar-refractivity contribution in [3.05, 3.63) is 81.4 Å². The van der Waals surface area contributed by atoms with Gasteiger partial charge >= 0.3 is 5.97 Å². The molecule has 4 aromatic rings. The van der Waals surface area contributed by atoms with E-state index in [0.29, 0.717) is 11.5 Å². The zero-order valence-corrected chi connectivity index (χ0v) is 20.6. The molecule has 0 bridgehead atoms. The van der Waals surface area contributed by atoms with Gasteiger partial charge < -0.3 is 4.74 Å². The summed E-state index contributed by atoms with van der Waals surface area (Å²) < 4.78 is 6.96. The monoisotopic (exact) mass is 482 g/mol. The Hall–Kier alpha value is -4.16. The molecule has 0 unspecified atom stereocenters. The number of hydrogen-bond donors (Lipinski definition) is 0. The minimum absolute atomic E-state index is 0.0636. The highest BCUT2D eigenvalue weighted by molar-refractivity contribution is 7.15. The molecule has 1 aliphatic heterocycles. The van der Waals surface area contributed by atoms with Crippen LogP contribution in [0.15, 0.2) is 47.5 Å². The first-order valence-corrected chi connectivity index (χ1v) is 11.9. The highest BCUT2D eigenvalue weighted by Crippen LogP contribution is 2.39. The lowest BCUT2D eigenvalue weighted by Crippen LogP contribution is -2.12. The van der Waals surface area contributed by atoms with Crippen LogP contribution in [0.1, 0.15) is 51.4 Å². The molecule has 0 fully saturated rings. The van der Waals surface area contributed by atoms with Gasteiger partial charge in [0, 0.05) is 21.6 Å². The molecular weight excluding hydrogens is 460 g/mol. The number of esters is 1. The average molecular weight is 483 g/mol. The third-order valence-corrected chi connectivity index (χ3v) is 7.34. The topological polar surface area (TPSA) is 106 Å². The van der Waals surface area contributed by atoms with Crippen molar-refractivity contribution in [1.29, 1.82) is 5.26 Å². The number of hydrogen-bond acceptors (Lipinski definition) is 8. The summed E-state index contributed by atoms with van der Waals surface area (Å²) in [6.45, 7) is 6.09. The molecule has 0 aliphatic carbocycles. The van der Waals surface area contributed by atoms with E-state index in [4.69, 9.17) is 9.73 Å². The number of aryl methyl sites for hydroxylation is 2. The van der Waals surface area contributed by atoms with Crippen LogP contribution >= 0.6 is 11.3 Å². The molecule has 35 heavy (non-hydrogen) atoms. The van der Waals surface area contributed by atoms with Gasteiger partial charge in [-0.1, -0.05) is 30.3 Å². The maximum absolute atomic E-state index is 12.3. The van der Waals surface area contributed by atoms with Gasteiger partial charge in [-0.3, -0.25) is 14.4 Å². The molecule has 1 atom stereocenters. The van der Waals surface area contributed by atoms with Crippen LogP contribution in [-0.4, -0.2) is 38.5 Å². The van der Waals surface area contributed by atoms with E-state index < -0.39 is 6.04 Å². The molecule has 9 heteroatoms. The molecule has 0 N–H and O–H groups in total. The van der Waals surface area contributed by atoms with Gasteiger partial charge in [-0.2, -0.15) is 5.26 Å². The zero-order chi connectivity index (χ0) is 24.7. The highest BCUT2D eigenvalue weighted by Gasteiger charge is 2.32. The number of aromatic nitrogens is 4. The standard InChI is InChI=1S/C26H22N6O2S/c1-14-15(2)35-26-23(14)24(29-21(12-22(33)34-4)25-31-30-16(3)32(25)26)18-10-8-17(9-11-18)20-7-5-6-19(13-27)28-20/h5-11,21H,12H2,1-4H3/t21-/m0/s1. The maximum Gasteiger partial charge on any atom is 0.308 e. The fourth-order valence-electron chi connectivity index (χ4n) is 4.22. The fraction of sp³-hybridized carbons (Fsp3) is 0.231. The lowest BCUT2D eigenvalue weighted by atomic mass is 9.98. The van der Waals surface area contributed by atoms with E-state index in [1.165, 1.54) is 12.0 Å². The Morgan fingerprint density at radius 3 is 2.57 bits per heavy atom. The van der Waals surface area contributed by atoms with E-state index in [9.17, 15) is 10.1 Å². The van der Waals surface area contributed by atoms with E-state index in [0.717, 1.165) is 44.5 Å². The minimum atomic E-state index is -0.536. The molecule has 8 nitrogen and oxygen atoms in total. The van der Waals surface area contributed by atoms with Gasteiger partial charge in [0.2, 0.25) is 0 Å². The van der Waals surface area contributed by atoms with Gasteiger partial charge in [-0.05, 0) is 38.5 Å². The van der Waals surface area contributed by atoms with Crippen LogP contribution in [-0.2, 0) is 9.53 Å². The summed E-state index contributed by atoms with van der Waals surface area (Å²) in [4.78, 5) is 22.9. The van der Waals surface area contributed by atoms with Crippen molar-refractivity contribution in [1.82, 2.24) is 19.7 Å². The molecule has 4 heterocycles. The van der Waals surface area contributed by atoms with Crippen molar-refractivity contribution in [2.75, 3.05) is 7.11 Å². The molecule has 0 spiro atoms. The smallest absolute Gasteiger partial charge is 0.308 e. The Morgan fingerprint density at radius 2 is 1.86 bits per heavy atom. The lowest BCUT2D eigenvalue weighted by Gasteiger charge is -2.12. The molecule has 0 saturated carbocycles. The van der Waals surface area contributed by atoms with Gasteiger partial charge in [-0.25, -0.2) is 4.98 Å². The molecule has 174 valence electrons. The lowest BCUT2D eigenvalue weighted by molar-refractivity contribution is -0.141. The second kappa shape index (κ2) is 8.89. The van der Waals surface area contributed by atoms with Gasteiger partial charge in [0.15, 0.2) is 5.82 Å². The van der Waals surface area contributed by atoms with Gasteiger partial charge in [0.25, 0.3) is 0 Å².